The van der Waals surface area contributed by atoms with Crippen molar-refractivity contribution in [3.63, 3.8) is 0 Å². The summed E-state index contributed by atoms with van der Waals surface area (Å²) in [6.45, 7) is 5.73. The average Bonchev–Trinajstić information content (AvgIpc) is 2.51. The second-order valence-electron chi connectivity index (χ2n) is 6.21. The van der Waals surface area contributed by atoms with Crippen LogP contribution in [0.15, 0.2) is 22.7 Å². The fraction of sp³-hybridized carbons (Fsp3) is 0.667. The second-order valence-corrected chi connectivity index (χ2v) is 8.31. The van der Waals surface area contributed by atoms with Gasteiger partial charge in [0.25, 0.3) is 0 Å². The highest BCUT2D eigenvalue weighted by atomic mass is 127. The molecule has 0 saturated heterocycles. The van der Waals surface area contributed by atoms with E-state index in [4.69, 9.17) is 0 Å². The Bertz CT molecular complexity index is 449. The van der Waals surface area contributed by atoms with Crippen LogP contribution in [0, 0.1) is 15.4 Å². The molecule has 1 aliphatic rings. The summed E-state index contributed by atoms with van der Waals surface area (Å²) in [5.74, 6) is 1.66. The van der Waals surface area contributed by atoms with E-state index in [1.807, 2.05) is 0 Å². The number of hydrogen-bond donors (Lipinski definition) is 1. The molecule has 3 heteroatoms. The minimum atomic E-state index is 0.499. The van der Waals surface area contributed by atoms with Crippen LogP contribution in [0.1, 0.15) is 64.0 Å². The highest BCUT2D eigenvalue weighted by molar-refractivity contribution is 14.1. The van der Waals surface area contributed by atoms with Crippen LogP contribution in [0.5, 0.6) is 0 Å². The molecule has 3 unspecified atom stereocenters. The first-order valence-corrected chi connectivity index (χ1v) is 10.2. The Hall–Kier alpha value is 0.390. The Kier molecular flexibility index (Phi) is 7.50. The average molecular weight is 464 g/mol. The summed E-state index contributed by atoms with van der Waals surface area (Å²) in [5.41, 5.74) is 1.46. The van der Waals surface area contributed by atoms with Gasteiger partial charge in [0.15, 0.2) is 0 Å². The highest BCUT2D eigenvalue weighted by Crippen LogP contribution is 2.42. The van der Waals surface area contributed by atoms with E-state index < -0.39 is 0 Å². The van der Waals surface area contributed by atoms with Gasteiger partial charge < -0.3 is 5.32 Å². The van der Waals surface area contributed by atoms with Gasteiger partial charge in [-0.25, -0.2) is 0 Å². The predicted molar refractivity (Wildman–Crippen MR) is 104 cm³/mol. The zero-order chi connectivity index (χ0) is 15.2. The molecule has 1 nitrogen and oxygen atoms in total. The van der Waals surface area contributed by atoms with Gasteiger partial charge in [0.1, 0.15) is 0 Å². The van der Waals surface area contributed by atoms with E-state index in [0.717, 1.165) is 18.4 Å². The largest absolute Gasteiger partial charge is 0.310 e. The molecule has 3 atom stereocenters. The van der Waals surface area contributed by atoms with E-state index in [2.05, 4.69) is 75.9 Å². The summed E-state index contributed by atoms with van der Waals surface area (Å²) >= 11 is 6.22. The van der Waals surface area contributed by atoms with Crippen molar-refractivity contribution in [3.05, 3.63) is 31.8 Å². The smallest absolute Gasteiger partial charge is 0.0362 e. The normalized spacial score (nSPS) is 24.0. The number of halogens is 2. The van der Waals surface area contributed by atoms with Crippen LogP contribution < -0.4 is 5.32 Å². The third-order valence-corrected chi connectivity index (χ3v) is 6.22. The Balaban J connectivity index is 2.30. The Labute approximate surface area is 151 Å². The molecule has 0 heterocycles. The first kappa shape index (κ1) is 17.7. The lowest BCUT2D eigenvalue weighted by Gasteiger charge is -2.38. The zero-order valence-corrected chi connectivity index (χ0v) is 16.9. The van der Waals surface area contributed by atoms with Gasteiger partial charge >= 0.3 is 0 Å². The number of hydrogen-bond acceptors (Lipinski definition) is 1. The Morgan fingerprint density at radius 2 is 2.05 bits per heavy atom. The van der Waals surface area contributed by atoms with Crippen LogP contribution >= 0.6 is 38.5 Å². The third kappa shape index (κ3) is 4.68. The van der Waals surface area contributed by atoms with Gasteiger partial charge in [-0.05, 0) is 77.6 Å². The van der Waals surface area contributed by atoms with Crippen molar-refractivity contribution in [2.75, 3.05) is 6.54 Å². The molecular weight excluding hydrogens is 437 g/mol. The second kappa shape index (κ2) is 8.88. The van der Waals surface area contributed by atoms with Gasteiger partial charge in [0, 0.05) is 14.1 Å². The standard InChI is InChI=1S/C18H27BrIN/c1-3-11-21-18(15-8-6-5-7-13(15)4-2)16-12-14(20)9-10-17(16)19/h9-10,12-13,15,18,21H,3-8,11H2,1-2H3. The van der Waals surface area contributed by atoms with E-state index >= 15 is 0 Å². The van der Waals surface area contributed by atoms with Gasteiger partial charge in [0.05, 0.1) is 0 Å². The molecule has 1 fully saturated rings. The van der Waals surface area contributed by atoms with E-state index in [1.54, 1.807) is 0 Å². The summed E-state index contributed by atoms with van der Waals surface area (Å²) in [7, 11) is 0. The molecule has 0 aliphatic heterocycles. The van der Waals surface area contributed by atoms with Gasteiger partial charge in [-0.15, -0.1) is 0 Å². The van der Waals surface area contributed by atoms with E-state index in [9.17, 15) is 0 Å². The van der Waals surface area contributed by atoms with Crippen molar-refractivity contribution in [2.24, 2.45) is 11.8 Å². The molecule has 0 radical (unpaired) electrons. The molecule has 0 amide bonds. The molecular formula is C18H27BrIN. The molecule has 1 N–H and O–H groups in total. The molecule has 1 aromatic rings. The molecule has 0 spiro atoms. The highest BCUT2D eigenvalue weighted by Gasteiger charge is 2.32. The minimum absolute atomic E-state index is 0.499. The first-order valence-electron chi connectivity index (χ1n) is 8.35. The number of nitrogens with one attached hydrogen (secondary N) is 1. The molecule has 1 saturated carbocycles. The minimum Gasteiger partial charge on any atom is -0.310 e. The van der Waals surface area contributed by atoms with Gasteiger partial charge in [-0.2, -0.15) is 0 Å². The van der Waals surface area contributed by atoms with E-state index in [0.29, 0.717) is 6.04 Å². The zero-order valence-electron chi connectivity index (χ0n) is 13.2. The molecule has 1 aliphatic carbocycles. The lowest BCUT2D eigenvalue weighted by molar-refractivity contribution is 0.175. The molecule has 21 heavy (non-hydrogen) atoms. The van der Waals surface area contributed by atoms with Crippen LogP contribution in [0.25, 0.3) is 0 Å². The Morgan fingerprint density at radius 1 is 1.29 bits per heavy atom. The Morgan fingerprint density at radius 3 is 2.76 bits per heavy atom. The molecule has 1 aromatic carbocycles. The third-order valence-electron chi connectivity index (χ3n) is 4.83. The van der Waals surface area contributed by atoms with Crippen molar-refractivity contribution in [1.29, 1.82) is 0 Å². The van der Waals surface area contributed by atoms with E-state index in [1.165, 1.54) is 52.1 Å². The number of rotatable bonds is 6. The summed E-state index contributed by atoms with van der Waals surface area (Å²) in [4.78, 5) is 0. The molecule has 0 bridgehead atoms. The maximum atomic E-state index is 3.85. The maximum Gasteiger partial charge on any atom is 0.0362 e. The van der Waals surface area contributed by atoms with Crippen LogP contribution in [-0.2, 0) is 0 Å². The molecule has 118 valence electrons. The van der Waals surface area contributed by atoms with Crippen molar-refractivity contribution in [1.82, 2.24) is 5.32 Å². The van der Waals surface area contributed by atoms with Crippen molar-refractivity contribution in [2.45, 2.75) is 58.4 Å². The first-order chi connectivity index (χ1) is 10.2. The topological polar surface area (TPSA) is 12.0 Å². The number of benzene rings is 1. The van der Waals surface area contributed by atoms with Gasteiger partial charge in [0.2, 0.25) is 0 Å². The fourth-order valence-corrected chi connectivity index (χ4v) is 4.74. The van der Waals surface area contributed by atoms with Crippen molar-refractivity contribution < 1.29 is 0 Å². The van der Waals surface area contributed by atoms with Crippen molar-refractivity contribution in [3.8, 4) is 0 Å². The SMILES string of the molecule is CCCNC(c1cc(I)ccc1Br)C1CCCCC1CC. The lowest BCUT2D eigenvalue weighted by Crippen LogP contribution is -2.35. The van der Waals surface area contributed by atoms with Gasteiger partial charge in [-0.3, -0.25) is 0 Å². The maximum absolute atomic E-state index is 3.85. The summed E-state index contributed by atoms with van der Waals surface area (Å²) in [6.07, 6.45) is 8.11. The van der Waals surface area contributed by atoms with Crippen LogP contribution in [0.2, 0.25) is 0 Å². The van der Waals surface area contributed by atoms with Crippen LogP contribution in [0.3, 0.4) is 0 Å². The quantitative estimate of drug-likeness (QED) is 0.487. The van der Waals surface area contributed by atoms with Gasteiger partial charge in [-0.1, -0.05) is 55.5 Å². The molecule has 2 rings (SSSR count). The summed E-state index contributed by atoms with van der Waals surface area (Å²) in [5, 5.41) is 3.85. The predicted octanol–water partition coefficient (Wildman–Crippen LogP) is 6.31. The summed E-state index contributed by atoms with van der Waals surface area (Å²) in [6, 6.07) is 7.25. The summed E-state index contributed by atoms with van der Waals surface area (Å²) < 4.78 is 2.59. The van der Waals surface area contributed by atoms with Crippen LogP contribution in [0.4, 0.5) is 0 Å². The van der Waals surface area contributed by atoms with Crippen molar-refractivity contribution >= 4 is 38.5 Å². The van der Waals surface area contributed by atoms with E-state index in [-0.39, 0.29) is 0 Å². The fourth-order valence-electron chi connectivity index (χ4n) is 3.73. The molecule has 0 aromatic heterocycles. The van der Waals surface area contributed by atoms with Crippen LogP contribution in [-0.4, -0.2) is 6.54 Å². The lowest BCUT2D eigenvalue weighted by atomic mass is 9.72. The monoisotopic (exact) mass is 463 g/mol.